The Bertz CT molecular complexity index is 625. The van der Waals surface area contributed by atoms with Crippen molar-refractivity contribution in [2.24, 2.45) is 0 Å². The van der Waals surface area contributed by atoms with Gasteiger partial charge in [-0.05, 0) is 41.8 Å². The summed E-state index contributed by atoms with van der Waals surface area (Å²) in [6.07, 6.45) is 0.950. The van der Waals surface area contributed by atoms with Gasteiger partial charge in [-0.3, -0.25) is 4.79 Å². The highest BCUT2D eigenvalue weighted by molar-refractivity contribution is 5.79. The molecule has 2 aromatic carbocycles. The summed E-state index contributed by atoms with van der Waals surface area (Å²) in [5.74, 6) is 0.338. The van der Waals surface area contributed by atoms with E-state index in [1.54, 1.807) is 19.2 Å². The first-order valence-electron chi connectivity index (χ1n) is 7.30. The lowest BCUT2D eigenvalue weighted by Crippen LogP contribution is -2.29. The lowest BCUT2D eigenvalue weighted by Gasteiger charge is -2.18. The van der Waals surface area contributed by atoms with E-state index in [1.807, 2.05) is 31.2 Å². The van der Waals surface area contributed by atoms with Gasteiger partial charge in [-0.2, -0.15) is 0 Å². The molecule has 0 radical (unpaired) electrons. The van der Waals surface area contributed by atoms with Crippen molar-refractivity contribution >= 4 is 5.91 Å². The number of methoxy groups -OCH3 is 1. The van der Waals surface area contributed by atoms with Crippen molar-refractivity contribution in [2.75, 3.05) is 7.11 Å². The van der Waals surface area contributed by atoms with Crippen LogP contribution in [0.1, 0.15) is 30.5 Å². The molecule has 3 nitrogen and oxygen atoms in total. The van der Waals surface area contributed by atoms with Crippen LogP contribution in [0.5, 0.6) is 5.75 Å². The van der Waals surface area contributed by atoms with Gasteiger partial charge < -0.3 is 10.1 Å². The normalized spacial score (nSPS) is 11.8. The lowest BCUT2D eigenvalue weighted by atomic mass is 10.0. The highest BCUT2D eigenvalue weighted by Crippen LogP contribution is 2.20. The first kappa shape index (κ1) is 16.0. The highest BCUT2D eigenvalue weighted by Gasteiger charge is 2.13. The van der Waals surface area contributed by atoms with Crippen LogP contribution < -0.4 is 10.1 Å². The molecule has 0 spiro atoms. The fraction of sp³-hybridized carbons (Fsp3) is 0.278. The molecule has 0 heterocycles. The number of rotatable bonds is 6. The third-order valence-corrected chi connectivity index (χ3v) is 3.52. The van der Waals surface area contributed by atoms with Crippen LogP contribution in [0.15, 0.2) is 48.5 Å². The summed E-state index contributed by atoms with van der Waals surface area (Å²) in [5, 5.41) is 2.99. The zero-order valence-corrected chi connectivity index (χ0v) is 12.8. The second-order valence-corrected chi connectivity index (χ2v) is 5.11. The minimum Gasteiger partial charge on any atom is -0.497 e. The van der Waals surface area contributed by atoms with Crippen molar-refractivity contribution in [1.82, 2.24) is 5.32 Å². The molecule has 1 unspecified atom stereocenters. The van der Waals surface area contributed by atoms with Gasteiger partial charge in [-0.15, -0.1) is 0 Å². The van der Waals surface area contributed by atoms with Crippen molar-refractivity contribution < 1.29 is 13.9 Å². The Morgan fingerprint density at radius 2 is 1.95 bits per heavy atom. The molecule has 1 atom stereocenters. The van der Waals surface area contributed by atoms with Crippen LogP contribution in [0.2, 0.25) is 0 Å². The zero-order valence-electron chi connectivity index (χ0n) is 12.8. The largest absolute Gasteiger partial charge is 0.497 e. The van der Waals surface area contributed by atoms with E-state index in [1.165, 1.54) is 12.1 Å². The summed E-state index contributed by atoms with van der Waals surface area (Å²) in [6, 6.07) is 13.7. The Kier molecular flexibility index (Phi) is 5.53. The van der Waals surface area contributed by atoms with E-state index in [0.29, 0.717) is 5.56 Å². The highest BCUT2D eigenvalue weighted by atomic mass is 19.1. The molecule has 22 heavy (non-hydrogen) atoms. The molecule has 2 rings (SSSR count). The SMILES string of the molecule is CCC(NC(=O)Cc1cccc(F)c1)c1ccc(OC)cc1. The number of carbonyl (C=O) groups excluding carboxylic acids is 1. The van der Waals surface area contributed by atoms with Crippen LogP contribution in [-0.2, 0) is 11.2 Å². The standard InChI is InChI=1S/C18H20FNO2/c1-3-17(14-7-9-16(22-2)10-8-14)20-18(21)12-13-5-4-6-15(19)11-13/h4-11,17H,3,12H2,1-2H3,(H,20,21). The smallest absolute Gasteiger partial charge is 0.224 e. The number of benzene rings is 2. The van der Waals surface area contributed by atoms with Gasteiger partial charge in [0, 0.05) is 0 Å². The maximum atomic E-state index is 13.1. The van der Waals surface area contributed by atoms with Gasteiger partial charge in [-0.1, -0.05) is 31.2 Å². The second kappa shape index (κ2) is 7.59. The Labute approximate surface area is 130 Å². The van der Waals surface area contributed by atoms with Gasteiger partial charge in [0.05, 0.1) is 19.6 Å². The molecular weight excluding hydrogens is 281 g/mol. The van der Waals surface area contributed by atoms with E-state index >= 15 is 0 Å². The van der Waals surface area contributed by atoms with Gasteiger partial charge in [0.1, 0.15) is 11.6 Å². The maximum Gasteiger partial charge on any atom is 0.224 e. The third-order valence-electron chi connectivity index (χ3n) is 3.52. The molecule has 0 bridgehead atoms. The Hall–Kier alpha value is -2.36. The van der Waals surface area contributed by atoms with Crippen LogP contribution in [0.3, 0.4) is 0 Å². The molecule has 0 aliphatic carbocycles. The minimum absolute atomic E-state index is 0.0630. The van der Waals surface area contributed by atoms with Crippen molar-refractivity contribution in [2.45, 2.75) is 25.8 Å². The third kappa shape index (κ3) is 4.32. The number of carbonyl (C=O) groups is 1. The van der Waals surface area contributed by atoms with Gasteiger partial charge in [0.2, 0.25) is 5.91 Å². The molecule has 0 aliphatic rings. The molecule has 4 heteroatoms. The molecule has 0 aliphatic heterocycles. The first-order chi connectivity index (χ1) is 10.6. The minimum atomic E-state index is -0.326. The monoisotopic (exact) mass is 301 g/mol. The fourth-order valence-corrected chi connectivity index (χ4v) is 2.33. The van der Waals surface area contributed by atoms with Crippen LogP contribution in [0.4, 0.5) is 4.39 Å². The predicted octanol–water partition coefficient (Wildman–Crippen LogP) is 3.64. The van der Waals surface area contributed by atoms with E-state index in [4.69, 9.17) is 4.74 Å². The van der Waals surface area contributed by atoms with Crippen molar-refractivity contribution in [3.63, 3.8) is 0 Å². The van der Waals surface area contributed by atoms with Gasteiger partial charge in [-0.25, -0.2) is 4.39 Å². The molecule has 0 saturated carbocycles. The summed E-state index contributed by atoms with van der Waals surface area (Å²) < 4.78 is 18.3. The van der Waals surface area contributed by atoms with Crippen LogP contribution >= 0.6 is 0 Å². The average Bonchev–Trinajstić information content (AvgIpc) is 2.53. The molecule has 0 saturated heterocycles. The summed E-state index contributed by atoms with van der Waals surface area (Å²) in [5.41, 5.74) is 1.69. The van der Waals surface area contributed by atoms with E-state index in [0.717, 1.165) is 17.7 Å². The van der Waals surface area contributed by atoms with Crippen molar-refractivity contribution in [3.8, 4) is 5.75 Å². The van der Waals surface area contributed by atoms with Crippen molar-refractivity contribution in [1.29, 1.82) is 0 Å². The van der Waals surface area contributed by atoms with Crippen LogP contribution in [-0.4, -0.2) is 13.0 Å². The van der Waals surface area contributed by atoms with E-state index in [9.17, 15) is 9.18 Å². The molecule has 0 fully saturated rings. The molecular formula is C18H20FNO2. The Morgan fingerprint density at radius 1 is 1.23 bits per heavy atom. The van der Waals surface area contributed by atoms with Crippen LogP contribution in [0.25, 0.3) is 0 Å². The number of ether oxygens (including phenoxy) is 1. The van der Waals surface area contributed by atoms with Gasteiger partial charge in [0.15, 0.2) is 0 Å². The zero-order chi connectivity index (χ0) is 15.9. The average molecular weight is 301 g/mol. The number of nitrogens with one attached hydrogen (secondary N) is 1. The summed E-state index contributed by atoms with van der Waals surface area (Å²) in [7, 11) is 1.62. The van der Waals surface area contributed by atoms with Crippen LogP contribution in [0, 0.1) is 5.82 Å². The molecule has 0 aromatic heterocycles. The predicted molar refractivity (Wildman–Crippen MR) is 84.3 cm³/mol. The van der Waals surface area contributed by atoms with E-state index in [-0.39, 0.29) is 24.2 Å². The molecule has 1 N–H and O–H groups in total. The number of amides is 1. The summed E-state index contributed by atoms with van der Waals surface area (Å²) >= 11 is 0. The van der Waals surface area contributed by atoms with E-state index < -0.39 is 0 Å². The number of hydrogen-bond acceptors (Lipinski definition) is 2. The molecule has 1 amide bonds. The second-order valence-electron chi connectivity index (χ2n) is 5.11. The quantitative estimate of drug-likeness (QED) is 0.884. The summed E-state index contributed by atoms with van der Waals surface area (Å²) in [6.45, 7) is 2.01. The van der Waals surface area contributed by atoms with E-state index in [2.05, 4.69) is 5.32 Å². The summed E-state index contributed by atoms with van der Waals surface area (Å²) in [4.78, 5) is 12.1. The van der Waals surface area contributed by atoms with Crippen molar-refractivity contribution in [3.05, 3.63) is 65.5 Å². The Balaban J connectivity index is 2.01. The topological polar surface area (TPSA) is 38.3 Å². The number of hydrogen-bond donors (Lipinski definition) is 1. The van der Waals surface area contributed by atoms with Gasteiger partial charge >= 0.3 is 0 Å². The fourth-order valence-electron chi connectivity index (χ4n) is 2.33. The van der Waals surface area contributed by atoms with Gasteiger partial charge in [0.25, 0.3) is 0 Å². The molecule has 2 aromatic rings. The lowest BCUT2D eigenvalue weighted by molar-refractivity contribution is -0.121. The molecule has 116 valence electrons. The Morgan fingerprint density at radius 3 is 2.55 bits per heavy atom. The maximum absolute atomic E-state index is 13.1. The number of halogens is 1. The first-order valence-corrected chi connectivity index (χ1v) is 7.30.